The van der Waals surface area contributed by atoms with E-state index in [0.717, 1.165) is 17.2 Å². The highest BCUT2D eigenvalue weighted by Crippen LogP contribution is 2.22. The molecule has 8 nitrogen and oxygen atoms in total. The topological polar surface area (TPSA) is 124 Å². The second kappa shape index (κ2) is 5.87. The summed E-state index contributed by atoms with van der Waals surface area (Å²) in [4.78, 5) is 23.4. The first-order chi connectivity index (χ1) is 9.11. The summed E-state index contributed by atoms with van der Waals surface area (Å²) in [5, 5.41) is 10.9. The Labute approximate surface area is 116 Å². The maximum atomic E-state index is 12.1. The summed E-state index contributed by atoms with van der Waals surface area (Å²) >= 11 is 0. The fraction of sp³-hybridized carbons (Fsp3) is 0.364. The molecule has 0 radical (unpaired) electrons. The maximum absolute atomic E-state index is 12.1. The van der Waals surface area contributed by atoms with Crippen LogP contribution in [0.4, 0.5) is 11.4 Å². The molecule has 0 fully saturated rings. The average Bonchev–Trinajstić information content (AvgIpc) is 2.33. The van der Waals surface area contributed by atoms with Crippen LogP contribution in [0.5, 0.6) is 0 Å². The lowest BCUT2D eigenvalue weighted by molar-refractivity contribution is -0.385. The van der Waals surface area contributed by atoms with E-state index in [1.807, 2.05) is 0 Å². The Balaban J connectivity index is 3.02. The Morgan fingerprint density at radius 3 is 2.55 bits per heavy atom. The van der Waals surface area contributed by atoms with E-state index in [4.69, 9.17) is 5.73 Å². The number of nitro groups is 1. The molecule has 0 spiro atoms. The Bertz CT molecular complexity index is 641. The van der Waals surface area contributed by atoms with Gasteiger partial charge in [-0.05, 0) is 12.1 Å². The predicted molar refractivity (Wildman–Crippen MR) is 74.2 cm³/mol. The number of benzene rings is 1. The van der Waals surface area contributed by atoms with Gasteiger partial charge in [0.2, 0.25) is 0 Å². The van der Waals surface area contributed by atoms with Gasteiger partial charge in [0.15, 0.2) is 0 Å². The molecule has 110 valence electrons. The van der Waals surface area contributed by atoms with E-state index in [9.17, 15) is 23.3 Å². The molecule has 1 aromatic carbocycles. The maximum Gasteiger partial charge on any atom is 0.282 e. The molecule has 20 heavy (non-hydrogen) atoms. The molecule has 1 aromatic rings. The van der Waals surface area contributed by atoms with Gasteiger partial charge < -0.3 is 10.6 Å². The van der Waals surface area contributed by atoms with Crippen molar-refractivity contribution in [1.29, 1.82) is 0 Å². The van der Waals surface area contributed by atoms with Crippen LogP contribution < -0.4 is 5.73 Å². The summed E-state index contributed by atoms with van der Waals surface area (Å²) in [6.45, 7) is -0.0520. The summed E-state index contributed by atoms with van der Waals surface area (Å²) in [5.74, 6) is -0.863. The van der Waals surface area contributed by atoms with Crippen molar-refractivity contribution in [2.75, 3.05) is 31.3 Å². The van der Waals surface area contributed by atoms with Crippen molar-refractivity contribution in [3.63, 3.8) is 0 Å². The molecule has 0 aliphatic carbocycles. The number of carbonyl (C=O) groups is 1. The number of anilines is 1. The molecular weight excluding hydrogens is 286 g/mol. The monoisotopic (exact) mass is 301 g/mol. The zero-order chi connectivity index (χ0) is 15.5. The van der Waals surface area contributed by atoms with Crippen LogP contribution in [0.15, 0.2) is 18.2 Å². The highest BCUT2D eigenvalue weighted by molar-refractivity contribution is 7.90. The molecule has 0 heterocycles. The van der Waals surface area contributed by atoms with Crippen LogP contribution in [0.25, 0.3) is 0 Å². The van der Waals surface area contributed by atoms with E-state index in [1.165, 1.54) is 19.2 Å². The van der Waals surface area contributed by atoms with Crippen LogP contribution in [0.2, 0.25) is 0 Å². The zero-order valence-corrected chi connectivity index (χ0v) is 11.9. The van der Waals surface area contributed by atoms with Gasteiger partial charge in [-0.1, -0.05) is 0 Å². The molecule has 2 N–H and O–H groups in total. The smallest absolute Gasteiger partial charge is 0.282 e. The third-order valence-corrected chi connectivity index (χ3v) is 3.52. The quantitative estimate of drug-likeness (QED) is 0.473. The first-order valence-corrected chi connectivity index (χ1v) is 7.65. The van der Waals surface area contributed by atoms with Crippen molar-refractivity contribution in [2.24, 2.45) is 0 Å². The number of nitrogen functional groups attached to an aromatic ring is 1. The highest BCUT2D eigenvalue weighted by atomic mass is 32.2. The Morgan fingerprint density at radius 2 is 2.05 bits per heavy atom. The van der Waals surface area contributed by atoms with Gasteiger partial charge in [-0.2, -0.15) is 0 Å². The molecule has 0 aromatic heterocycles. The van der Waals surface area contributed by atoms with Crippen molar-refractivity contribution in [1.82, 2.24) is 4.90 Å². The van der Waals surface area contributed by atoms with Crippen LogP contribution in [0.1, 0.15) is 10.4 Å². The van der Waals surface area contributed by atoms with E-state index in [0.29, 0.717) is 0 Å². The Hall–Kier alpha value is -2.16. The van der Waals surface area contributed by atoms with Gasteiger partial charge >= 0.3 is 0 Å². The normalized spacial score (nSPS) is 11.1. The van der Waals surface area contributed by atoms with Crippen molar-refractivity contribution in [2.45, 2.75) is 0 Å². The summed E-state index contributed by atoms with van der Waals surface area (Å²) < 4.78 is 22.1. The molecule has 0 aliphatic heterocycles. The molecule has 0 aliphatic rings. The van der Waals surface area contributed by atoms with Crippen molar-refractivity contribution < 1.29 is 18.1 Å². The minimum atomic E-state index is -3.22. The largest absolute Gasteiger partial charge is 0.399 e. The van der Waals surface area contributed by atoms with Gasteiger partial charge in [0.05, 0.1) is 10.7 Å². The Morgan fingerprint density at radius 1 is 1.45 bits per heavy atom. The van der Waals surface area contributed by atoms with Crippen LogP contribution in [0, 0.1) is 10.1 Å². The standard InChI is InChI=1S/C11H15N3O5S/c1-13(5-6-20(2,18)19)11(15)9-7-8(12)3-4-10(9)14(16)17/h3-4,7H,5-6,12H2,1-2H3. The molecule has 0 atom stereocenters. The first kappa shape index (κ1) is 15.9. The first-order valence-electron chi connectivity index (χ1n) is 5.59. The predicted octanol–water partition coefficient (Wildman–Crippen LogP) is 0.294. The second-order valence-electron chi connectivity index (χ2n) is 4.39. The number of nitrogens with two attached hydrogens (primary N) is 1. The number of hydrogen-bond donors (Lipinski definition) is 1. The number of hydrogen-bond acceptors (Lipinski definition) is 6. The van der Waals surface area contributed by atoms with Gasteiger partial charge in [0, 0.05) is 31.6 Å². The molecule has 1 amide bonds. The van der Waals surface area contributed by atoms with E-state index in [2.05, 4.69) is 0 Å². The molecule has 0 bridgehead atoms. The highest BCUT2D eigenvalue weighted by Gasteiger charge is 2.23. The third kappa shape index (κ3) is 4.19. The van der Waals surface area contributed by atoms with Gasteiger partial charge in [0.1, 0.15) is 15.4 Å². The minimum Gasteiger partial charge on any atom is -0.399 e. The van der Waals surface area contributed by atoms with Gasteiger partial charge in [-0.3, -0.25) is 14.9 Å². The molecular formula is C11H15N3O5S. The van der Waals surface area contributed by atoms with Crippen LogP contribution in [-0.4, -0.2) is 49.7 Å². The van der Waals surface area contributed by atoms with E-state index in [1.54, 1.807) is 0 Å². The molecule has 0 saturated heterocycles. The van der Waals surface area contributed by atoms with E-state index in [-0.39, 0.29) is 29.2 Å². The number of nitro benzene ring substituents is 1. The zero-order valence-electron chi connectivity index (χ0n) is 11.1. The average molecular weight is 301 g/mol. The SMILES string of the molecule is CN(CCS(C)(=O)=O)C(=O)c1cc(N)ccc1[N+](=O)[O-]. The van der Waals surface area contributed by atoms with Gasteiger partial charge in [-0.25, -0.2) is 8.42 Å². The number of nitrogens with zero attached hydrogens (tertiary/aromatic N) is 2. The third-order valence-electron chi connectivity index (χ3n) is 2.59. The lowest BCUT2D eigenvalue weighted by Crippen LogP contribution is -2.31. The Kier molecular flexibility index (Phi) is 4.66. The number of rotatable bonds is 5. The van der Waals surface area contributed by atoms with Crippen molar-refractivity contribution in [3.8, 4) is 0 Å². The van der Waals surface area contributed by atoms with Gasteiger partial charge in [-0.15, -0.1) is 0 Å². The number of amides is 1. The van der Waals surface area contributed by atoms with Crippen molar-refractivity contribution >= 4 is 27.1 Å². The summed E-state index contributed by atoms with van der Waals surface area (Å²) in [6, 6.07) is 3.68. The minimum absolute atomic E-state index is 0.0520. The summed E-state index contributed by atoms with van der Waals surface area (Å²) in [5.41, 5.74) is 5.21. The van der Waals surface area contributed by atoms with Crippen molar-refractivity contribution in [3.05, 3.63) is 33.9 Å². The summed E-state index contributed by atoms with van der Waals surface area (Å²) in [6.07, 6.45) is 1.05. The molecule has 1 rings (SSSR count). The van der Waals surface area contributed by atoms with Gasteiger partial charge in [0.25, 0.3) is 11.6 Å². The van der Waals surface area contributed by atoms with E-state index >= 15 is 0 Å². The lowest BCUT2D eigenvalue weighted by atomic mass is 10.1. The van der Waals surface area contributed by atoms with Crippen LogP contribution in [0.3, 0.4) is 0 Å². The lowest BCUT2D eigenvalue weighted by Gasteiger charge is -2.16. The molecule has 0 saturated carbocycles. The number of sulfone groups is 1. The second-order valence-corrected chi connectivity index (χ2v) is 6.65. The summed E-state index contributed by atoms with van der Waals surface area (Å²) in [7, 11) is -1.85. The molecule has 0 unspecified atom stereocenters. The fourth-order valence-electron chi connectivity index (χ4n) is 1.49. The number of carbonyl (C=O) groups excluding carboxylic acids is 1. The fourth-order valence-corrected chi connectivity index (χ4v) is 2.10. The van der Waals surface area contributed by atoms with Crippen LogP contribution >= 0.6 is 0 Å². The van der Waals surface area contributed by atoms with E-state index < -0.39 is 20.7 Å². The van der Waals surface area contributed by atoms with Crippen LogP contribution in [-0.2, 0) is 9.84 Å². The molecule has 9 heteroatoms.